The Balaban J connectivity index is 2.13. The van der Waals surface area contributed by atoms with Crippen molar-refractivity contribution in [3.05, 3.63) is 44.8 Å². The summed E-state index contributed by atoms with van der Waals surface area (Å²) in [6.07, 6.45) is 1.82. The fraction of sp³-hybridized carbons (Fsp3) is 0.0909. The number of nitriles is 1. The van der Waals surface area contributed by atoms with Crippen LogP contribution in [0, 0.1) is 11.3 Å². The maximum atomic E-state index is 8.98. The minimum absolute atomic E-state index is 0.638. The second-order valence-corrected chi connectivity index (χ2v) is 5.01. The SMILES string of the molecule is N#Cc1cc(Br)ccc1NCc1cncs1. The van der Waals surface area contributed by atoms with Crippen LogP contribution in [0.2, 0.25) is 0 Å². The second-order valence-electron chi connectivity index (χ2n) is 3.12. The van der Waals surface area contributed by atoms with Crippen LogP contribution < -0.4 is 5.32 Å². The molecular weight excluding hydrogens is 286 g/mol. The van der Waals surface area contributed by atoms with Crippen LogP contribution in [0.15, 0.2) is 34.4 Å². The number of rotatable bonds is 3. The predicted octanol–water partition coefficient (Wildman–Crippen LogP) is 3.39. The number of anilines is 1. The highest BCUT2D eigenvalue weighted by Gasteiger charge is 2.02. The van der Waals surface area contributed by atoms with Gasteiger partial charge in [0.15, 0.2) is 0 Å². The highest BCUT2D eigenvalue weighted by Crippen LogP contribution is 2.21. The van der Waals surface area contributed by atoms with Gasteiger partial charge >= 0.3 is 0 Å². The van der Waals surface area contributed by atoms with E-state index in [9.17, 15) is 0 Å². The average Bonchev–Trinajstić information content (AvgIpc) is 2.80. The minimum Gasteiger partial charge on any atom is -0.379 e. The quantitative estimate of drug-likeness (QED) is 0.944. The van der Waals surface area contributed by atoms with E-state index in [1.807, 2.05) is 18.3 Å². The third-order valence-corrected chi connectivity index (χ3v) is 3.31. The lowest BCUT2D eigenvalue weighted by molar-refractivity contribution is 1.17. The normalized spacial score (nSPS) is 9.75. The molecule has 0 fully saturated rings. The first-order valence-electron chi connectivity index (χ1n) is 4.60. The zero-order chi connectivity index (χ0) is 11.4. The summed E-state index contributed by atoms with van der Waals surface area (Å²) in [5.74, 6) is 0. The maximum absolute atomic E-state index is 8.98. The number of halogens is 1. The van der Waals surface area contributed by atoms with Crippen molar-refractivity contribution in [2.45, 2.75) is 6.54 Å². The molecule has 0 aliphatic heterocycles. The first kappa shape index (κ1) is 11.1. The zero-order valence-corrected chi connectivity index (χ0v) is 10.7. The Bertz CT molecular complexity index is 517. The fourth-order valence-electron chi connectivity index (χ4n) is 1.27. The summed E-state index contributed by atoms with van der Waals surface area (Å²) in [4.78, 5) is 5.14. The van der Waals surface area contributed by atoms with E-state index in [4.69, 9.17) is 5.26 Å². The number of nitrogens with zero attached hydrogens (tertiary/aromatic N) is 2. The zero-order valence-electron chi connectivity index (χ0n) is 8.27. The molecule has 80 valence electrons. The fourth-order valence-corrected chi connectivity index (χ4v) is 2.17. The van der Waals surface area contributed by atoms with Gasteiger partial charge in [0, 0.05) is 15.5 Å². The Morgan fingerprint density at radius 2 is 2.38 bits per heavy atom. The van der Waals surface area contributed by atoms with Gasteiger partial charge in [0.25, 0.3) is 0 Å². The second kappa shape index (κ2) is 5.10. The summed E-state index contributed by atoms with van der Waals surface area (Å²) in [7, 11) is 0. The van der Waals surface area contributed by atoms with Crippen molar-refractivity contribution in [3.63, 3.8) is 0 Å². The van der Waals surface area contributed by atoms with E-state index >= 15 is 0 Å². The Labute approximate surface area is 106 Å². The molecule has 0 atom stereocenters. The lowest BCUT2D eigenvalue weighted by Crippen LogP contribution is -1.99. The Morgan fingerprint density at radius 3 is 3.06 bits per heavy atom. The van der Waals surface area contributed by atoms with Crippen molar-refractivity contribution in [3.8, 4) is 6.07 Å². The molecule has 16 heavy (non-hydrogen) atoms. The smallest absolute Gasteiger partial charge is 0.101 e. The molecule has 2 aromatic rings. The topological polar surface area (TPSA) is 48.7 Å². The van der Waals surface area contributed by atoms with Gasteiger partial charge in [-0.15, -0.1) is 11.3 Å². The highest BCUT2D eigenvalue weighted by molar-refractivity contribution is 9.10. The van der Waals surface area contributed by atoms with Crippen LogP contribution in [-0.2, 0) is 6.54 Å². The molecule has 0 amide bonds. The van der Waals surface area contributed by atoms with Crippen LogP contribution in [0.25, 0.3) is 0 Å². The molecular formula is C11H8BrN3S. The number of benzene rings is 1. The monoisotopic (exact) mass is 293 g/mol. The number of thiazole rings is 1. The molecule has 5 heteroatoms. The molecule has 1 aromatic heterocycles. The molecule has 0 unspecified atom stereocenters. The molecule has 0 radical (unpaired) electrons. The summed E-state index contributed by atoms with van der Waals surface area (Å²) < 4.78 is 0.910. The van der Waals surface area contributed by atoms with E-state index in [1.165, 1.54) is 0 Å². The molecule has 2 rings (SSSR count). The third kappa shape index (κ3) is 2.60. The summed E-state index contributed by atoms with van der Waals surface area (Å²) in [6, 6.07) is 7.77. The van der Waals surface area contributed by atoms with Gasteiger partial charge in [-0.25, -0.2) is 0 Å². The van der Waals surface area contributed by atoms with E-state index < -0.39 is 0 Å². The van der Waals surface area contributed by atoms with Crippen molar-refractivity contribution in [2.75, 3.05) is 5.32 Å². The molecule has 0 aliphatic carbocycles. The van der Waals surface area contributed by atoms with Gasteiger partial charge in [-0.1, -0.05) is 15.9 Å². The van der Waals surface area contributed by atoms with Crippen LogP contribution in [-0.4, -0.2) is 4.98 Å². The van der Waals surface area contributed by atoms with Gasteiger partial charge < -0.3 is 5.32 Å². The molecule has 0 saturated heterocycles. The van der Waals surface area contributed by atoms with Gasteiger partial charge in [0.2, 0.25) is 0 Å². The van der Waals surface area contributed by atoms with Gasteiger partial charge in [-0.05, 0) is 18.2 Å². The molecule has 3 nitrogen and oxygen atoms in total. The first-order valence-corrected chi connectivity index (χ1v) is 6.28. The molecule has 0 spiro atoms. The average molecular weight is 294 g/mol. The van der Waals surface area contributed by atoms with Gasteiger partial charge in [-0.3, -0.25) is 4.98 Å². The molecule has 1 aromatic carbocycles. The maximum Gasteiger partial charge on any atom is 0.101 e. The number of hydrogen-bond donors (Lipinski definition) is 1. The summed E-state index contributed by atoms with van der Waals surface area (Å²) >= 11 is 4.93. The van der Waals surface area contributed by atoms with E-state index in [0.29, 0.717) is 12.1 Å². The van der Waals surface area contributed by atoms with Crippen LogP contribution in [0.4, 0.5) is 5.69 Å². The number of hydrogen-bond acceptors (Lipinski definition) is 4. The van der Waals surface area contributed by atoms with Crippen LogP contribution in [0.5, 0.6) is 0 Å². The Hall–Kier alpha value is -1.38. The predicted molar refractivity (Wildman–Crippen MR) is 68.3 cm³/mol. The first-order chi connectivity index (χ1) is 7.79. The molecule has 0 aliphatic rings. The number of aromatic nitrogens is 1. The Morgan fingerprint density at radius 1 is 1.50 bits per heavy atom. The minimum atomic E-state index is 0.638. The highest BCUT2D eigenvalue weighted by atomic mass is 79.9. The largest absolute Gasteiger partial charge is 0.379 e. The van der Waals surface area contributed by atoms with Crippen LogP contribution in [0.1, 0.15) is 10.4 Å². The van der Waals surface area contributed by atoms with E-state index in [2.05, 4.69) is 32.3 Å². The van der Waals surface area contributed by atoms with Crippen molar-refractivity contribution in [1.82, 2.24) is 4.98 Å². The molecule has 1 N–H and O–H groups in total. The molecule has 0 bridgehead atoms. The lowest BCUT2D eigenvalue weighted by atomic mass is 10.2. The van der Waals surface area contributed by atoms with Crippen LogP contribution >= 0.6 is 27.3 Å². The van der Waals surface area contributed by atoms with E-state index in [1.54, 1.807) is 22.9 Å². The van der Waals surface area contributed by atoms with Crippen molar-refractivity contribution >= 4 is 33.0 Å². The van der Waals surface area contributed by atoms with Crippen molar-refractivity contribution in [2.24, 2.45) is 0 Å². The molecule has 1 heterocycles. The van der Waals surface area contributed by atoms with Crippen molar-refractivity contribution < 1.29 is 0 Å². The summed E-state index contributed by atoms with van der Waals surface area (Å²) in [5, 5.41) is 12.2. The van der Waals surface area contributed by atoms with Crippen LogP contribution in [0.3, 0.4) is 0 Å². The van der Waals surface area contributed by atoms with E-state index in [0.717, 1.165) is 15.0 Å². The van der Waals surface area contributed by atoms with Gasteiger partial charge in [0.05, 0.1) is 23.3 Å². The lowest BCUT2D eigenvalue weighted by Gasteiger charge is -2.06. The standard InChI is InChI=1S/C11H8BrN3S/c12-9-1-2-11(8(3-9)4-13)15-6-10-5-14-7-16-10/h1-3,5,7,15H,6H2. The molecule has 0 saturated carbocycles. The third-order valence-electron chi connectivity index (χ3n) is 2.04. The summed E-state index contributed by atoms with van der Waals surface area (Å²) in [5.41, 5.74) is 3.28. The van der Waals surface area contributed by atoms with Gasteiger partial charge in [-0.2, -0.15) is 5.26 Å². The van der Waals surface area contributed by atoms with Crippen molar-refractivity contribution in [1.29, 1.82) is 5.26 Å². The number of nitrogens with one attached hydrogen (secondary N) is 1. The van der Waals surface area contributed by atoms with Gasteiger partial charge in [0.1, 0.15) is 6.07 Å². The Kier molecular flexibility index (Phi) is 3.54. The summed E-state index contributed by atoms with van der Waals surface area (Å²) in [6.45, 7) is 0.695. The van der Waals surface area contributed by atoms with E-state index in [-0.39, 0.29) is 0 Å².